The number of pyridine rings is 1. The molecule has 0 atom stereocenters. The van der Waals surface area contributed by atoms with Gasteiger partial charge < -0.3 is 20.0 Å². The van der Waals surface area contributed by atoms with Crippen LogP contribution in [-0.2, 0) is 13.2 Å². The van der Waals surface area contributed by atoms with Gasteiger partial charge in [-0.3, -0.25) is 4.79 Å². The normalized spacial score (nSPS) is 11.1. The predicted molar refractivity (Wildman–Crippen MR) is 101 cm³/mol. The molecule has 2 aromatic carbocycles. The number of H-pyrrole nitrogens is 1. The monoisotopic (exact) mass is 382 g/mol. The minimum Gasteiger partial charge on any atom is -0.486 e. The fraction of sp³-hybridized carbons (Fsp3) is 0.100. The molecule has 0 unspecified atom stereocenters. The van der Waals surface area contributed by atoms with Gasteiger partial charge in [0.2, 0.25) is 0 Å². The Morgan fingerprint density at radius 2 is 2.00 bits per heavy atom. The van der Waals surface area contributed by atoms with Crippen molar-refractivity contribution in [2.75, 3.05) is 5.73 Å². The van der Waals surface area contributed by atoms with Gasteiger partial charge in [0, 0.05) is 17.8 Å². The molecular weight excluding hydrogens is 366 g/mol. The van der Waals surface area contributed by atoms with Gasteiger partial charge in [0.15, 0.2) is 11.6 Å². The van der Waals surface area contributed by atoms with E-state index in [1.54, 1.807) is 24.4 Å². The number of hydrogen-bond acceptors (Lipinski definition) is 4. The minimum absolute atomic E-state index is 0.0412. The van der Waals surface area contributed by atoms with Crippen LogP contribution in [-0.4, -0.2) is 14.5 Å². The van der Waals surface area contributed by atoms with Gasteiger partial charge in [-0.1, -0.05) is 12.1 Å². The zero-order valence-electron chi connectivity index (χ0n) is 14.7. The number of hydrogen-bond donors (Lipinski definition) is 2. The first-order valence-electron chi connectivity index (χ1n) is 8.50. The number of para-hydroxylation sites is 1. The number of nitrogens with zero attached hydrogens (tertiary/aromatic N) is 2. The Kier molecular flexibility index (Phi) is 4.52. The maximum atomic E-state index is 13.8. The van der Waals surface area contributed by atoms with Crippen molar-refractivity contribution in [1.82, 2.24) is 14.5 Å². The molecule has 2 aromatic heterocycles. The lowest BCUT2D eigenvalue weighted by Gasteiger charge is -2.07. The molecule has 0 aliphatic heterocycles. The number of aromatic nitrogens is 3. The van der Waals surface area contributed by atoms with E-state index in [9.17, 15) is 13.6 Å². The van der Waals surface area contributed by atoms with Crippen molar-refractivity contribution in [2.45, 2.75) is 13.2 Å². The van der Waals surface area contributed by atoms with Gasteiger partial charge in [-0.05, 0) is 30.3 Å². The van der Waals surface area contributed by atoms with E-state index in [1.165, 1.54) is 10.6 Å². The molecule has 4 rings (SSSR count). The smallest absolute Gasteiger partial charge is 0.274 e. The van der Waals surface area contributed by atoms with Gasteiger partial charge in [0.1, 0.15) is 18.2 Å². The molecule has 2 heterocycles. The van der Waals surface area contributed by atoms with Crippen molar-refractivity contribution in [3.05, 3.63) is 88.1 Å². The first-order valence-corrected chi connectivity index (χ1v) is 8.50. The maximum absolute atomic E-state index is 13.8. The summed E-state index contributed by atoms with van der Waals surface area (Å²) in [7, 11) is 0. The summed E-state index contributed by atoms with van der Waals surface area (Å²) in [5, 5.41) is 0. The molecule has 0 amide bonds. The summed E-state index contributed by atoms with van der Waals surface area (Å²) >= 11 is 0. The van der Waals surface area contributed by atoms with E-state index in [0.29, 0.717) is 11.3 Å². The Morgan fingerprint density at radius 3 is 2.82 bits per heavy atom. The Balaban J connectivity index is 1.60. The number of ether oxygens (including phenoxy) is 1. The van der Waals surface area contributed by atoms with E-state index in [2.05, 4.69) is 9.97 Å². The number of anilines is 1. The van der Waals surface area contributed by atoms with Crippen LogP contribution in [0.3, 0.4) is 0 Å². The van der Waals surface area contributed by atoms with Crippen molar-refractivity contribution in [3.8, 4) is 5.75 Å². The molecule has 4 aromatic rings. The number of nitrogen functional groups attached to an aromatic ring is 1. The molecule has 0 fully saturated rings. The number of aromatic amines is 1. The van der Waals surface area contributed by atoms with Crippen LogP contribution < -0.4 is 16.0 Å². The number of benzene rings is 2. The standard InChI is InChI=1S/C20H16F2N4O2/c21-13-6-7-17(14(22)9-13)28-11-12-3-1-5-16-19(12)25-18(24-16)10-26-8-2-4-15(23)20(26)27/h1-9H,10-11,23H2,(H,24,25). The third kappa shape index (κ3) is 3.44. The third-order valence-corrected chi connectivity index (χ3v) is 4.29. The summed E-state index contributed by atoms with van der Waals surface area (Å²) in [5.74, 6) is -0.903. The second-order valence-electron chi connectivity index (χ2n) is 6.26. The van der Waals surface area contributed by atoms with Crippen LogP contribution in [0.1, 0.15) is 11.4 Å². The predicted octanol–water partition coefficient (Wildman–Crippen LogP) is 3.21. The third-order valence-electron chi connectivity index (χ3n) is 4.29. The fourth-order valence-electron chi connectivity index (χ4n) is 2.92. The Bertz CT molecular complexity index is 1220. The van der Waals surface area contributed by atoms with Gasteiger partial charge in [-0.15, -0.1) is 0 Å². The van der Waals surface area contributed by atoms with Crippen molar-refractivity contribution in [1.29, 1.82) is 0 Å². The maximum Gasteiger partial charge on any atom is 0.274 e. The molecule has 6 nitrogen and oxygen atoms in total. The number of rotatable bonds is 5. The van der Waals surface area contributed by atoms with Crippen LogP contribution >= 0.6 is 0 Å². The fourth-order valence-corrected chi connectivity index (χ4v) is 2.92. The molecule has 0 aliphatic rings. The van der Waals surface area contributed by atoms with Crippen LogP contribution in [0.5, 0.6) is 5.75 Å². The molecule has 0 aliphatic carbocycles. The van der Waals surface area contributed by atoms with Crippen LogP contribution in [0.4, 0.5) is 14.5 Å². The molecule has 0 saturated heterocycles. The highest BCUT2D eigenvalue weighted by molar-refractivity contribution is 5.78. The van der Waals surface area contributed by atoms with Gasteiger partial charge in [-0.25, -0.2) is 13.8 Å². The number of halogens is 2. The number of nitrogens with one attached hydrogen (secondary N) is 1. The number of fused-ring (bicyclic) bond motifs is 1. The SMILES string of the molecule is Nc1cccn(Cc2nc3c(COc4ccc(F)cc4F)cccc3[nH]2)c1=O. The van der Waals surface area contributed by atoms with E-state index in [4.69, 9.17) is 10.5 Å². The summed E-state index contributed by atoms with van der Waals surface area (Å²) < 4.78 is 33.7. The van der Waals surface area contributed by atoms with Crippen molar-refractivity contribution >= 4 is 16.7 Å². The second-order valence-corrected chi connectivity index (χ2v) is 6.26. The first-order chi connectivity index (χ1) is 13.5. The van der Waals surface area contributed by atoms with Gasteiger partial charge >= 0.3 is 0 Å². The number of nitrogens with two attached hydrogens (primary N) is 1. The Hall–Kier alpha value is -3.68. The lowest BCUT2D eigenvalue weighted by molar-refractivity contribution is 0.290. The average Bonchev–Trinajstić information content (AvgIpc) is 3.08. The zero-order valence-corrected chi connectivity index (χ0v) is 14.7. The van der Waals surface area contributed by atoms with E-state index in [1.807, 2.05) is 12.1 Å². The van der Waals surface area contributed by atoms with E-state index in [0.717, 1.165) is 23.2 Å². The van der Waals surface area contributed by atoms with E-state index >= 15 is 0 Å². The summed E-state index contributed by atoms with van der Waals surface area (Å²) in [4.78, 5) is 19.8. The van der Waals surface area contributed by atoms with Gasteiger partial charge in [0.05, 0.1) is 23.3 Å². The lowest BCUT2D eigenvalue weighted by Crippen LogP contribution is -2.22. The molecule has 0 radical (unpaired) electrons. The highest BCUT2D eigenvalue weighted by atomic mass is 19.1. The van der Waals surface area contributed by atoms with Crippen LogP contribution in [0, 0.1) is 11.6 Å². The van der Waals surface area contributed by atoms with Crippen LogP contribution in [0.2, 0.25) is 0 Å². The molecule has 0 bridgehead atoms. The van der Waals surface area contributed by atoms with Crippen molar-refractivity contribution < 1.29 is 13.5 Å². The molecule has 8 heteroatoms. The lowest BCUT2D eigenvalue weighted by atomic mass is 10.2. The topological polar surface area (TPSA) is 85.9 Å². The zero-order chi connectivity index (χ0) is 19.7. The highest BCUT2D eigenvalue weighted by Crippen LogP contribution is 2.22. The molecule has 142 valence electrons. The highest BCUT2D eigenvalue weighted by Gasteiger charge is 2.11. The average molecular weight is 382 g/mol. The Labute approximate surface area is 158 Å². The summed E-state index contributed by atoms with van der Waals surface area (Å²) in [6, 6.07) is 11.8. The van der Waals surface area contributed by atoms with E-state index in [-0.39, 0.29) is 30.1 Å². The van der Waals surface area contributed by atoms with Crippen molar-refractivity contribution in [2.24, 2.45) is 0 Å². The molecule has 28 heavy (non-hydrogen) atoms. The quantitative estimate of drug-likeness (QED) is 0.555. The van der Waals surface area contributed by atoms with Crippen LogP contribution in [0.25, 0.3) is 11.0 Å². The second kappa shape index (κ2) is 7.15. The largest absolute Gasteiger partial charge is 0.486 e. The van der Waals surface area contributed by atoms with Crippen molar-refractivity contribution in [3.63, 3.8) is 0 Å². The van der Waals surface area contributed by atoms with E-state index < -0.39 is 11.6 Å². The van der Waals surface area contributed by atoms with Crippen LogP contribution in [0.15, 0.2) is 59.5 Å². The Morgan fingerprint density at radius 1 is 1.14 bits per heavy atom. The molecule has 0 saturated carbocycles. The van der Waals surface area contributed by atoms with Gasteiger partial charge in [0.25, 0.3) is 5.56 Å². The summed E-state index contributed by atoms with van der Waals surface area (Å²) in [6.45, 7) is 0.286. The molecule has 3 N–H and O–H groups in total. The molecular formula is C20H16F2N4O2. The summed E-state index contributed by atoms with van der Waals surface area (Å²) in [6.07, 6.45) is 1.63. The van der Waals surface area contributed by atoms with Gasteiger partial charge in [-0.2, -0.15) is 0 Å². The molecule has 0 spiro atoms. The number of imidazole rings is 1. The first kappa shape index (κ1) is 17.7. The minimum atomic E-state index is -0.768. The summed E-state index contributed by atoms with van der Waals surface area (Å²) in [5.41, 5.74) is 7.66.